The van der Waals surface area contributed by atoms with Crippen molar-refractivity contribution in [2.24, 2.45) is 5.92 Å². The van der Waals surface area contributed by atoms with Crippen LogP contribution in [-0.4, -0.2) is 44.1 Å². The Labute approximate surface area is 138 Å². The van der Waals surface area contributed by atoms with Crippen molar-refractivity contribution in [2.45, 2.75) is 24.3 Å². The normalized spacial score (nSPS) is 21.5. The van der Waals surface area contributed by atoms with Crippen molar-refractivity contribution in [3.8, 4) is 5.75 Å². The quantitative estimate of drug-likeness (QED) is 0.846. The van der Waals surface area contributed by atoms with Gasteiger partial charge in [0.1, 0.15) is 4.90 Å². The summed E-state index contributed by atoms with van der Waals surface area (Å²) in [7, 11) is -2.30. The Morgan fingerprint density at radius 3 is 2.71 bits per heavy atom. The van der Waals surface area contributed by atoms with E-state index in [0.717, 1.165) is 0 Å². The second-order valence-corrected chi connectivity index (χ2v) is 8.27. The fourth-order valence-electron chi connectivity index (χ4n) is 2.43. The zero-order valence-corrected chi connectivity index (χ0v) is 14.9. The zero-order valence-electron chi connectivity index (χ0n) is 11.7. The molecule has 0 aliphatic carbocycles. The second-order valence-electron chi connectivity index (χ2n) is 5.07. The van der Waals surface area contributed by atoms with Crippen LogP contribution in [0.15, 0.2) is 21.5 Å². The third kappa shape index (κ3) is 3.37. The summed E-state index contributed by atoms with van der Waals surface area (Å²) in [6.07, 6.45) is 0.110. The van der Waals surface area contributed by atoms with Crippen LogP contribution in [0.3, 0.4) is 0 Å². The summed E-state index contributed by atoms with van der Waals surface area (Å²) >= 11 is 9.22. The largest absolute Gasteiger partial charge is 0.494 e. The fourth-order valence-corrected chi connectivity index (χ4v) is 5.31. The molecule has 0 spiro atoms. The average molecular weight is 399 g/mol. The Bertz CT molecular complexity index is 635. The van der Waals surface area contributed by atoms with Crippen molar-refractivity contribution >= 4 is 37.6 Å². The Morgan fingerprint density at radius 1 is 1.52 bits per heavy atom. The summed E-state index contributed by atoms with van der Waals surface area (Å²) in [5.74, 6) is 0.188. The number of sulfonamides is 1. The lowest BCUT2D eigenvalue weighted by atomic mass is 10.0. The fraction of sp³-hybridized carbons (Fsp3) is 0.538. The Hall–Kier alpha value is -0.340. The van der Waals surface area contributed by atoms with Gasteiger partial charge in [-0.2, -0.15) is 4.31 Å². The van der Waals surface area contributed by atoms with Gasteiger partial charge in [0.25, 0.3) is 0 Å². The lowest BCUT2D eigenvalue weighted by Gasteiger charge is -2.20. The third-order valence-corrected chi connectivity index (χ3v) is 6.34. The summed E-state index contributed by atoms with van der Waals surface area (Å²) in [5.41, 5.74) is 0. The molecule has 0 radical (unpaired) electrons. The van der Waals surface area contributed by atoms with Gasteiger partial charge < -0.3 is 9.84 Å². The summed E-state index contributed by atoms with van der Waals surface area (Å²) in [6, 6.07) is 2.97. The number of rotatable bonds is 4. The number of hydrogen-bond acceptors (Lipinski definition) is 4. The maximum Gasteiger partial charge on any atom is 0.246 e. The molecule has 1 aromatic carbocycles. The maximum atomic E-state index is 12.8. The monoisotopic (exact) mass is 397 g/mol. The number of nitrogens with zero attached hydrogens (tertiary/aromatic N) is 1. The van der Waals surface area contributed by atoms with E-state index in [9.17, 15) is 13.5 Å². The van der Waals surface area contributed by atoms with Gasteiger partial charge in [0.2, 0.25) is 10.0 Å². The SMILES string of the molecule is COc1c(Br)cc(Cl)cc1S(=O)(=O)N1CCC(C(C)O)C1. The number of methoxy groups -OCH3 is 1. The van der Waals surface area contributed by atoms with Gasteiger partial charge in [-0.3, -0.25) is 0 Å². The molecule has 1 heterocycles. The molecule has 0 saturated carbocycles. The molecule has 2 rings (SSSR count). The van der Waals surface area contributed by atoms with E-state index >= 15 is 0 Å². The van der Waals surface area contributed by atoms with Crippen LogP contribution in [0.5, 0.6) is 5.75 Å². The summed E-state index contributed by atoms with van der Waals surface area (Å²) < 4.78 is 32.6. The molecule has 2 unspecified atom stereocenters. The highest BCUT2D eigenvalue weighted by Crippen LogP contribution is 2.38. The Balaban J connectivity index is 2.41. The third-order valence-electron chi connectivity index (χ3n) is 3.67. The lowest BCUT2D eigenvalue weighted by Crippen LogP contribution is -2.30. The van der Waals surface area contributed by atoms with Gasteiger partial charge >= 0.3 is 0 Å². The van der Waals surface area contributed by atoms with Gasteiger partial charge in [-0.1, -0.05) is 11.6 Å². The van der Waals surface area contributed by atoms with E-state index in [1.165, 1.54) is 17.5 Å². The van der Waals surface area contributed by atoms with Crippen LogP contribution in [0.25, 0.3) is 0 Å². The molecule has 5 nitrogen and oxygen atoms in total. The van der Waals surface area contributed by atoms with E-state index in [2.05, 4.69) is 15.9 Å². The first-order valence-electron chi connectivity index (χ1n) is 6.48. The molecular weight excluding hydrogens is 382 g/mol. The molecule has 0 aromatic heterocycles. The first-order chi connectivity index (χ1) is 9.77. The van der Waals surface area contributed by atoms with Crippen LogP contribution in [-0.2, 0) is 10.0 Å². The molecule has 1 N–H and O–H groups in total. The minimum absolute atomic E-state index is 0.0376. The molecule has 2 atom stereocenters. The van der Waals surface area contributed by atoms with Gasteiger partial charge in [-0.25, -0.2) is 8.42 Å². The van der Waals surface area contributed by atoms with Crippen molar-refractivity contribution in [1.82, 2.24) is 4.31 Å². The molecule has 1 aromatic rings. The first-order valence-corrected chi connectivity index (χ1v) is 9.09. The zero-order chi connectivity index (χ0) is 15.8. The maximum absolute atomic E-state index is 12.8. The van der Waals surface area contributed by atoms with Crippen molar-refractivity contribution in [3.05, 3.63) is 21.6 Å². The predicted molar refractivity (Wildman–Crippen MR) is 84.3 cm³/mol. The Kier molecular flexibility index (Phi) is 5.20. The number of aliphatic hydroxyl groups is 1. The van der Waals surface area contributed by atoms with E-state index in [1.807, 2.05) is 0 Å². The molecule has 1 saturated heterocycles. The van der Waals surface area contributed by atoms with Gasteiger partial charge in [0.05, 0.1) is 17.7 Å². The average Bonchev–Trinajstić information content (AvgIpc) is 2.88. The molecule has 0 bridgehead atoms. The minimum atomic E-state index is -3.71. The lowest BCUT2D eigenvalue weighted by molar-refractivity contribution is 0.133. The minimum Gasteiger partial charge on any atom is -0.494 e. The molecule has 1 aliphatic heterocycles. The van der Waals surface area contributed by atoms with Gasteiger partial charge in [-0.15, -0.1) is 0 Å². The highest BCUT2D eigenvalue weighted by atomic mass is 79.9. The van der Waals surface area contributed by atoms with E-state index < -0.39 is 16.1 Å². The van der Waals surface area contributed by atoms with Crippen LogP contribution in [0, 0.1) is 5.92 Å². The highest BCUT2D eigenvalue weighted by Gasteiger charge is 2.36. The predicted octanol–water partition coefficient (Wildman–Crippen LogP) is 2.50. The number of hydrogen-bond donors (Lipinski definition) is 1. The topological polar surface area (TPSA) is 66.8 Å². The van der Waals surface area contributed by atoms with Gasteiger partial charge in [-0.05, 0) is 47.3 Å². The van der Waals surface area contributed by atoms with Crippen LogP contribution in [0.4, 0.5) is 0 Å². The summed E-state index contributed by atoms with van der Waals surface area (Å²) in [6.45, 7) is 2.36. The molecule has 1 fully saturated rings. The van der Waals surface area contributed by atoms with Crippen molar-refractivity contribution in [1.29, 1.82) is 0 Å². The van der Waals surface area contributed by atoms with E-state index in [4.69, 9.17) is 16.3 Å². The van der Waals surface area contributed by atoms with Crippen LogP contribution in [0.1, 0.15) is 13.3 Å². The van der Waals surface area contributed by atoms with Crippen LogP contribution < -0.4 is 4.74 Å². The molecule has 8 heteroatoms. The number of benzene rings is 1. The van der Waals surface area contributed by atoms with E-state index in [1.54, 1.807) is 13.0 Å². The van der Waals surface area contributed by atoms with Gasteiger partial charge in [0, 0.05) is 18.1 Å². The highest BCUT2D eigenvalue weighted by molar-refractivity contribution is 9.10. The molecule has 0 amide bonds. The molecule has 21 heavy (non-hydrogen) atoms. The smallest absolute Gasteiger partial charge is 0.246 e. The summed E-state index contributed by atoms with van der Waals surface area (Å²) in [4.78, 5) is 0.0376. The standard InChI is InChI=1S/C13H17BrClNO4S/c1-8(17)9-3-4-16(7-9)21(18,19)12-6-10(15)5-11(14)13(12)20-2/h5-6,8-9,17H,3-4,7H2,1-2H3. The summed E-state index contributed by atoms with van der Waals surface area (Å²) in [5, 5.41) is 9.93. The van der Waals surface area contributed by atoms with Gasteiger partial charge in [0.15, 0.2) is 5.75 Å². The van der Waals surface area contributed by atoms with Crippen molar-refractivity contribution < 1.29 is 18.3 Å². The molecular formula is C13H17BrClNO4S. The van der Waals surface area contributed by atoms with Crippen molar-refractivity contribution in [2.75, 3.05) is 20.2 Å². The molecule has 1 aliphatic rings. The van der Waals surface area contributed by atoms with E-state index in [0.29, 0.717) is 29.0 Å². The second kappa shape index (κ2) is 6.42. The van der Waals surface area contributed by atoms with E-state index in [-0.39, 0.29) is 16.6 Å². The first kappa shape index (κ1) is 17.0. The number of aliphatic hydroxyl groups excluding tert-OH is 1. The number of ether oxygens (including phenoxy) is 1. The molecule has 118 valence electrons. The number of halogens is 2. The van der Waals surface area contributed by atoms with Crippen LogP contribution >= 0.6 is 27.5 Å². The Morgan fingerprint density at radius 2 is 2.19 bits per heavy atom. The van der Waals surface area contributed by atoms with Crippen molar-refractivity contribution in [3.63, 3.8) is 0 Å². The van der Waals surface area contributed by atoms with Crippen LogP contribution in [0.2, 0.25) is 5.02 Å².